The van der Waals surface area contributed by atoms with Crippen LogP contribution in [0.4, 0.5) is 0 Å². The van der Waals surface area contributed by atoms with E-state index in [-0.39, 0.29) is 13.2 Å². The highest BCUT2D eigenvalue weighted by Gasteiger charge is 2.17. The van der Waals surface area contributed by atoms with Gasteiger partial charge in [0, 0.05) is 0 Å². The first-order chi connectivity index (χ1) is 11.6. The molecule has 4 heteroatoms. The lowest BCUT2D eigenvalue weighted by Gasteiger charge is -2.12. The maximum atomic E-state index is 12.0. The number of esters is 2. The smallest absolute Gasteiger partial charge is 0.316 e. The van der Waals surface area contributed by atoms with Gasteiger partial charge in [0.25, 0.3) is 0 Å². The zero-order valence-electron chi connectivity index (χ0n) is 13.6. The molecule has 2 rings (SSSR count). The van der Waals surface area contributed by atoms with E-state index in [1.807, 2.05) is 54.6 Å². The molecule has 0 saturated heterocycles. The molecule has 0 spiro atoms. The first-order valence-corrected chi connectivity index (χ1v) is 7.68. The minimum absolute atomic E-state index is 0.148. The average molecular weight is 324 g/mol. The molecule has 0 N–H and O–H groups in total. The topological polar surface area (TPSA) is 52.6 Å². The molecular formula is C20H20O4. The van der Waals surface area contributed by atoms with Gasteiger partial charge in [0.2, 0.25) is 6.79 Å². The molecule has 0 fully saturated rings. The van der Waals surface area contributed by atoms with Crippen molar-refractivity contribution in [3.05, 3.63) is 77.9 Å². The fraction of sp³-hybridized carbons (Fsp3) is 0.200. The van der Waals surface area contributed by atoms with Crippen molar-refractivity contribution >= 4 is 18.0 Å². The summed E-state index contributed by atoms with van der Waals surface area (Å²) in [7, 11) is 0. The minimum Gasteiger partial charge on any atom is -0.428 e. The van der Waals surface area contributed by atoms with Crippen LogP contribution in [0.25, 0.3) is 6.08 Å². The Bertz CT molecular complexity index is 707. The summed E-state index contributed by atoms with van der Waals surface area (Å²) in [6.07, 6.45) is 1.86. The van der Waals surface area contributed by atoms with Crippen molar-refractivity contribution in [3.8, 4) is 0 Å². The minimum atomic E-state index is -0.447. The van der Waals surface area contributed by atoms with E-state index in [4.69, 9.17) is 9.47 Å². The van der Waals surface area contributed by atoms with Crippen LogP contribution in [0.15, 0.2) is 61.2 Å². The van der Waals surface area contributed by atoms with Gasteiger partial charge >= 0.3 is 11.9 Å². The molecule has 1 unspecified atom stereocenters. The van der Waals surface area contributed by atoms with Crippen LogP contribution in [0.3, 0.4) is 0 Å². The van der Waals surface area contributed by atoms with Gasteiger partial charge < -0.3 is 9.47 Å². The first kappa shape index (κ1) is 17.5. The predicted octanol–water partition coefficient (Wildman–Crippen LogP) is 3.72. The van der Waals surface area contributed by atoms with Crippen molar-refractivity contribution in [2.24, 2.45) is 0 Å². The van der Waals surface area contributed by atoms with E-state index in [0.29, 0.717) is 0 Å². The Morgan fingerprint density at radius 2 is 1.83 bits per heavy atom. The Kier molecular flexibility index (Phi) is 6.32. The lowest BCUT2D eigenvalue weighted by molar-refractivity contribution is -0.167. The van der Waals surface area contributed by atoms with E-state index in [9.17, 15) is 9.59 Å². The zero-order valence-corrected chi connectivity index (χ0v) is 13.6. The highest BCUT2D eigenvalue weighted by Crippen LogP contribution is 2.18. The monoisotopic (exact) mass is 324 g/mol. The molecule has 124 valence electrons. The molecule has 2 aromatic carbocycles. The van der Waals surface area contributed by atoms with Crippen LogP contribution < -0.4 is 0 Å². The van der Waals surface area contributed by atoms with Crippen molar-refractivity contribution in [2.75, 3.05) is 6.79 Å². The second-order valence-electron chi connectivity index (χ2n) is 5.36. The summed E-state index contributed by atoms with van der Waals surface area (Å²) >= 11 is 0. The Hall–Kier alpha value is -2.88. The quantitative estimate of drug-likeness (QED) is 0.575. The van der Waals surface area contributed by atoms with Gasteiger partial charge in [0.1, 0.15) is 0 Å². The van der Waals surface area contributed by atoms with E-state index in [1.165, 1.54) is 0 Å². The third-order valence-corrected chi connectivity index (χ3v) is 3.61. The standard InChI is InChI=1S/C20H20O4/c1-3-16-10-7-11-18(12-16)15(2)20(22)24-14-23-19(21)13-17-8-5-4-6-9-17/h3-12,15H,1,13-14H2,2H3. The van der Waals surface area contributed by atoms with Crippen LogP contribution >= 0.6 is 0 Å². The second kappa shape index (κ2) is 8.67. The summed E-state index contributed by atoms with van der Waals surface area (Å²) < 4.78 is 9.98. The van der Waals surface area contributed by atoms with Crippen molar-refractivity contribution in [3.63, 3.8) is 0 Å². The average Bonchev–Trinajstić information content (AvgIpc) is 2.61. The molecule has 0 radical (unpaired) electrons. The molecular weight excluding hydrogens is 304 g/mol. The van der Waals surface area contributed by atoms with E-state index < -0.39 is 17.9 Å². The molecule has 2 aromatic rings. The van der Waals surface area contributed by atoms with Gasteiger partial charge in [-0.2, -0.15) is 0 Å². The number of carbonyl (C=O) groups excluding carboxylic acids is 2. The first-order valence-electron chi connectivity index (χ1n) is 7.68. The Morgan fingerprint density at radius 1 is 1.08 bits per heavy atom. The third kappa shape index (κ3) is 5.09. The van der Waals surface area contributed by atoms with E-state index in [0.717, 1.165) is 16.7 Å². The molecule has 0 heterocycles. The van der Waals surface area contributed by atoms with Crippen molar-refractivity contribution in [1.29, 1.82) is 0 Å². The molecule has 1 atom stereocenters. The molecule has 0 aliphatic heterocycles. The maximum absolute atomic E-state index is 12.0. The van der Waals surface area contributed by atoms with E-state index in [2.05, 4.69) is 6.58 Å². The molecule has 0 aliphatic carbocycles. The van der Waals surface area contributed by atoms with Gasteiger partial charge in [-0.3, -0.25) is 9.59 Å². The molecule has 24 heavy (non-hydrogen) atoms. The van der Waals surface area contributed by atoms with Gasteiger partial charge in [-0.05, 0) is 23.6 Å². The maximum Gasteiger partial charge on any atom is 0.316 e. The third-order valence-electron chi connectivity index (χ3n) is 3.61. The van der Waals surface area contributed by atoms with Gasteiger partial charge in [0.15, 0.2) is 0 Å². The zero-order chi connectivity index (χ0) is 17.4. The van der Waals surface area contributed by atoms with Crippen LogP contribution in [0.2, 0.25) is 0 Å². The van der Waals surface area contributed by atoms with Crippen molar-refractivity contribution in [2.45, 2.75) is 19.3 Å². The number of carbonyl (C=O) groups is 2. The predicted molar refractivity (Wildman–Crippen MR) is 92.1 cm³/mol. The van der Waals surface area contributed by atoms with Crippen molar-refractivity contribution in [1.82, 2.24) is 0 Å². The van der Waals surface area contributed by atoms with Crippen LogP contribution in [-0.4, -0.2) is 18.7 Å². The fourth-order valence-corrected chi connectivity index (χ4v) is 2.18. The SMILES string of the molecule is C=Cc1cccc(C(C)C(=O)OCOC(=O)Cc2ccccc2)c1. The Morgan fingerprint density at radius 3 is 2.54 bits per heavy atom. The molecule has 0 amide bonds. The van der Waals surface area contributed by atoms with Crippen LogP contribution in [0.5, 0.6) is 0 Å². The largest absolute Gasteiger partial charge is 0.428 e. The van der Waals surface area contributed by atoms with Gasteiger partial charge in [0.05, 0.1) is 12.3 Å². The van der Waals surface area contributed by atoms with Gasteiger partial charge in [-0.1, -0.05) is 67.3 Å². The highest BCUT2D eigenvalue weighted by atomic mass is 16.7. The number of ether oxygens (including phenoxy) is 2. The van der Waals surface area contributed by atoms with Gasteiger partial charge in [-0.15, -0.1) is 0 Å². The van der Waals surface area contributed by atoms with E-state index in [1.54, 1.807) is 13.0 Å². The van der Waals surface area contributed by atoms with Crippen LogP contribution in [-0.2, 0) is 25.5 Å². The number of rotatable bonds is 7. The highest BCUT2D eigenvalue weighted by molar-refractivity contribution is 5.78. The molecule has 0 saturated carbocycles. The van der Waals surface area contributed by atoms with Crippen LogP contribution in [0, 0.1) is 0 Å². The summed E-state index contributed by atoms with van der Waals surface area (Å²) in [5.74, 6) is -1.32. The molecule has 4 nitrogen and oxygen atoms in total. The van der Waals surface area contributed by atoms with Gasteiger partial charge in [-0.25, -0.2) is 0 Å². The summed E-state index contributed by atoms with van der Waals surface area (Å²) in [5, 5.41) is 0. The Labute approximate surface area is 141 Å². The second-order valence-corrected chi connectivity index (χ2v) is 5.36. The van der Waals surface area contributed by atoms with Crippen LogP contribution in [0.1, 0.15) is 29.5 Å². The lowest BCUT2D eigenvalue weighted by atomic mass is 9.99. The summed E-state index contributed by atoms with van der Waals surface area (Å²) in [6.45, 7) is 5.07. The summed E-state index contributed by atoms with van der Waals surface area (Å²) in [5.41, 5.74) is 2.61. The number of hydrogen-bond acceptors (Lipinski definition) is 4. The number of benzene rings is 2. The fourth-order valence-electron chi connectivity index (χ4n) is 2.18. The van der Waals surface area contributed by atoms with E-state index >= 15 is 0 Å². The number of hydrogen-bond donors (Lipinski definition) is 0. The molecule has 0 aromatic heterocycles. The molecule has 0 bridgehead atoms. The van der Waals surface area contributed by atoms with Crippen molar-refractivity contribution < 1.29 is 19.1 Å². The summed E-state index contributed by atoms with van der Waals surface area (Å²) in [4.78, 5) is 23.7. The molecule has 0 aliphatic rings. The lowest BCUT2D eigenvalue weighted by Crippen LogP contribution is -2.18. The Balaban J connectivity index is 1.79. The summed E-state index contributed by atoms with van der Waals surface area (Å²) in [6, 6.07) is 16.7. The normalized spacial score (nSPS) is 11.4.